The summed E-state index contributed by atoms with van der Waals surface area (Å²) < 4.78 is 5.40. The molecule has 0 saturated carbocycles. The molecule has 7 heteroatoms. The van der Waals surface area contributed by atoms with Gasteiger partial charge in [0.1, 0.15) is 0 Å². The number of hydrogen-bond acceptors (Lipinski definition) is 7. The van der Waals surface area contributed by atoms with Gasteiger partial charge in [-0.2, -0.15) is 0 Å². The number of aliphatic hydroxyl groups excluding tert-OH is 1. The lowest BCUT2D eigenvalue weighted by Gasteiger charge is -2.43. The van der Waals surface area contributed by atoms with Crippen molar-refractivity contribution in [3.63, 3.8) is 0 Å². The average Bonchev–Trinajstić information content (AvgIpc) is 2.56. The van der Waals surface area contributed by atoms with Crippen molar-refractivity contribution in [2.75, 3.05) is 45.6 Å². The summed E-state index contributed by atoms with van der Waals surface area (Å²) >= 11 is 1.55. The van der Waals surface area contributed by atoms with Crippen LogP contribution < -0.4 is 0 Å². The van der Waals surface area contributed by atoms with E-state index in [-0.39, 0.29) is 12.1 Å². The van der Waals surface area contributed by atoms with Gasteiger partial charge in [0.05, 0.1) is 19.3 Å². The smallest absolute Gasteiger partial charge is 0.187 e. The van der Waals surface area contributed by atoms with Crippen LogP contribution in [0.15, 0.2) is 17.6 Å². The van der Waals surface area contributed by atoms with Crippen LogP contribution in [0.4, 0.5) is 0 Å². The molecule has 0 unspecified atom stereocenters. The van der Waals surface area contributed by atoms with Crippen LogP contribution in [-0.2, 0) is 11.3 Å². The third kappa shape index (κ3) is 3.97. The minimum Gasteiger partial charge on any atom is -0.390 e. The number of β-amino-alcohol motifs (C(OH)–C–C–N with tert-alkyl or cyclic N) is 1. The molecule has 3 rings (SSSR count). The Morgan fingerprint density at radius 3 is 2.64 bits per heavy atom. The molecule has 2 atom stereocenters. The van der Waals surface area contributed by atoms with Crippen LogP contribution in [0.2, 0.25) is 0 Å². The lowest BCUT2D eigenvalue weighted by Crippen LogP contribution is -2.56. The molecule has 1 aromatic rings. The maximum Gasteiger partial charge on any atom is 0.187 e. The fourth-order valence-electron chi connectivity index (χ4n) is 3.25. The van der Waals surface area contributed by atoms with Crippen LogP contribution in [0.3, 0.4) is 0 Å². The first-order chi connectivity index (χ1) is 10.8. The second-order valence-corrected chi connectivity index (χ2v) is 6.66. The Hall–Kier alpha value is -0.730. The first kappa shape index (κ1) is 16.1. The van der Waals surface area contributed by atoms with Crippen LogP contribution in [0.25, 0.3) is 0 Å². The molecular formula is C15H24N4O2S. The number of aromatic nitrogens is 2. The van der Waals surface area contributed by atoms with Gasteiger partial charge in [0, 0.05) is 56.7 Å². The quantitative estimate of drug-likeness (QED) is 0.638. The highest BCUT2D eigenvalue weighted by Gasteiger charge is 2.32. The molecule has 0 bridgehead atoms. The zero-order valence-corrected chi connectivity index (χ0v) is 13.8. The van der Waals surface area contributed by atoms with E-state index in [1.165, 1.54) is 0 Å². The predicted octanol–water partition coefficient (Wildman–Crippen LogP) is 0.466. The fraction of sp³-hybridized carbons (Fsp3) is 0.733. The summed E-state index contributed by atoms with van der Waals surface area (Å²) in [4.78, 5) is 13.3. The van der Waals surface area contributed by atoms with Crippen molar-refractivity contribution in [1.82, 2.24) is 19.8 Å². The number of likely N-dealkylation sites (tertiary alicyclic amines) is 1. The van der Waals surface area contributed by atoms with Crippen molar-refractivity contribution < 1.29 is 9.84 Å². The van der Waals surface area contributed by atoms with Gasteiger partial charge in [0.15, 0.2) is 5.16 Å². The zero-order chi connectivity index (χ0) is 15.4. The number of aliphatic hydroxyl groups is 1. The van der Waals surface area contributed by atoms with Gasteiger partial charge in [0.25, 0.3) is 0 Å². The molecule has 2 saturated heterocycles. The van der Waals surface area contributed by atoms with Gasteiger partial charge in [0.2, 0.25) is 0 Å². The second-order valence-electron chi connectivity index (χ2n) is 5.88. The highest BCUT2D eigenvalue weighted by Crippen LogP contribution is 2.20. The Morgan fingerprint density at radius 2 is 2.00 bits per heavy atom. The number of nitrogens with zero attached hydrogens (tertiary/aromatic N) is 4. The van der Waals surface area contributed by atoms with Crippen LogP contribution in [0.5, 0.6) is 0 Å². The number of hydrogen-bond donors (Lipinski definition) is 1. The highest BCUT2D eigenvalue weighted by molar-refractivity contribution is 7.98. The largest absolute Gasteiger partial charge is 0.390 e. The van der Waals surface area contributed by atoms with Gasteiger partial charge in [-0.15, -0.1) is 0 Å². The van der Waals surface area contributed by atoms with Gasteiger partial charge < -0.3 is 9.84 Å². The summed E-state index contributed by atoms with van der Waals surface area (Å²) in [5, 5.41) is 11.3. The molecule has 6 nitrogen and oxygen atoms in total. The van der Waals surface area contributed by atoms with E-state index in [9.17, 15) is 5.11 Å². The molecule has 2 aliphatic rings. The average molecular weight is 324 g/mol. The second kappa shape index (κ2) is 7.70. The van der Waals surface area contributed by atoms with E-state index in [2.05, 4.69) is 19.8 Å². The molecular weight excluding hydrogens is 300 g/mol. The number of rotatable bonds is 4. The predicted molar refractivity (Wildman–Crippen MR) is 85.9 cm³/mol. The summed E-state index contributed by atoms with van der Waals surface area (Å²) in [6, 6.07) is 0.273. The van der Waals surface area contributed by atoms with E-state index in [1.807, 2.05) is 18.6 Å². The Kier molecular flexibility index (Phi) is 5.65. The molecule has 122 valence electrons. The topological polar surface area (TPSA) is 61.7 Å². The van der Waals surface area contributed by atoms with Crippen molar-refractivity contribution in [3.05, 3.63) is 18.0 Å². The van der Waals surface area contributed by atoms with Crippen molar-refractivity contribution in [2.45, 2.75) is 30.3 Å². The van der Waals surface area contributed by atoms with E-state index in [0.717, 1.165) is 56.5 Å². The van der Waals surface area contributed by atoms with Crippen molar-refractivity contribution in [1.29, 1.82) is 0 Å². The number of piperidine rings is 1. The maximum absolute atomic E-state index is 10.5. The molecule has 0 aliphatic carbocycles. The number of thioether (sulfide) groups is 1. The molecule has 22 heavy (non-hydrogen) atoms. The van der Waals surface area contributed by atoms with Crippen LogP contribution >= 0.6 is 11.8 Å². The Labute approximate surface area is 135 Å². The molecule has 0 aromatic carbocycles. The van der Waals surface area contributed by atoms with Crippen LogP contribution in [0, 0.1) is 0 Å². The first-order valence-corrected chi connectivity index (χ1v) is 9.06. The van der Waals surface area contributed by atoms with Crippen molar-refractivity contribution >= 4 is 11.8 Å². The number of ether oxygens (including phenoxy) is 1. The van der Waals surface area contributed by atoms with E-state index in [4.69, 9.17) is 4.74 Å². The summed E-state index contributed by atoms with van der Waals surface area (Å²) in [5.41, 5.74) is 1.11. The normalized spacial score (nSPS) is 27.9. The lowest BCUT2D eigenvalue weighted by molar-refractivity contribution is -0.0534. The minimum atomic E-state index is -0.293. The summed E-state index contributed by atoms with van der Waals surface area (Å²) in [5.74, 6) is 0. The molecule has 0 radical (unpaired) electrons. The minimum absolute atomic E-state index is 0.273. The molecule has 2 fully saturated rings. The fourth-order valence-corrected chi connectivity index (χ4v) is 3.57. The highest BCUT2D eigenvalue weighted by atomic mass is 32.2. The Morgan fingerprint density at radius 1 is 1.27 bits per heavy atom. The van der Waals surface area contributed by atoms with Gasteiger partial charge in [-0.1, -0.05) is 11.8 Å². The number of morpholine rings is 1. The van der Waals surface area contributed by atoms with Gasteiger partial charge >= 0.3 is 0 Å². The molecule has 3 heterocycles. The molecule has 1 aromatic heterocycles. The van der Waals surface area contributed by atoms with Crippen LogP contribution in [-0.4, -0.2) is 82.7 Å². The van der Waals surface area contributed by atoms with Crippen LogP contribution in [0.1, 0.15) is 12.0 Å². The van der Waals surface area contributed by atoms with E-state index in [0.29, 0.717) is 6.54 Å². The molecule has 1 N–H and O–H groups in total. The van der Waals surface area contributed by atoms with Gasteiger partial charge in [-0.25, -0.2) is 9.97 Å². The van der Waals surface area contributed by atoms with Crippen molar-refractivity contribution in [3.8, 4) is 0 Å². The van der Waals surface area contributed by atoms with Gasteiger partial charge in [-0.3, -0.25) is 9.80 Å². The third-order valence-corrected chi connectivity index (χ3v) is 4.99. The lowest BCUT2D eigenvalue weighted by atomic mass is 9.99. The Balaban J connectivity index is 1.52. The summed E-state index contributed by atoms with van der Waals surface area (Å²) in [6.45, 7) is 5.97. The Bertz CT molecular complexity index is 467. The van der Waals surface area contributed by atoms with E-state index >= 15 is 0 Å². The first-order valence-electron chi connectivity index (χ1n) is 7.83. The van der Waals surface area contributed by atoms with E-state index < -0.39 is 0 Å². The summed E-state index contributed by atoms with van der Waals surface area (Å²) in [7, 11) is 0. The monoisotopic (exact) mass is 324 g/mol. The zero-order valence-electron chi connectivity index (χ0n) is 13.0. The SMILES string of the molecule is CSc1ncc(CN2CC[C@H](N3CCOCC3)[C@@H](O)C2)cn1. The summed E-state index contributed by atoms with van der Waals surface area (Å²) in [6.07, 6.45) is 6.46. The molecule has 0 amide bonds. The van der Waals surface area contributed by atoms with E-state index in [1.54, 1.807) is 11.8 Å². The maximum atomic E-state index is 10.5. The standard InChI is InChI=1S/C15H24N4O2S/c1-22-15-16-8-12(9-17-15)10-18-3-2-13(14(20)11-18)19-4-6-21-7-5-19/h8-9,13-14,20H,2-7,10-11H2,1H3/t13-,14-/m0/s1. The van der Waals surface area contributed by atoms with Gasteiger partial charge in [-0.05, 0) is 12.7 Å². The van der Waals surface area contributed by atoms with Crippen molar-refractivity contribution in [2.24, 2.45) is 0 Å². The molecule has 0 spiro atoms. The molecule has 2 aliphatic heterocycles. The third-order valence-electron chi connectivity index (χ3n) is 4.42.